The average molecular weight is 362 g/mol. The van der Waals surface area contributed by atoms with Crippen LogP contribution in [0.2, 0.25) is 0 Å². The molecule has 25 heavy (non-hydrogen) atoms. The van der Waals surface area contributed by atoms with Crippen molar-refractivity contribution < 1.29 is 4.79 Å². The van der Waals surface area contributed by atoms with Gasteiger partial charge in [-0.1, -0.05) is 20.8 Å². The minimum absolute atomic E-state index is 0.0230. The maximum atomic E-state index is 12.9. The predicted molar refractivity (Wildman–Crippen MR) is 102 cm³/mol. The van der Waals surface area contributed by atoms with Gasteiger partial charge in [-0.3, -0.25) is 14.2 Å². The highest BCUT2D eigenvalue weighted by molar-refractivity contribution is 7.18. The second-order valence-electron chi connectivity index (χ2n) is 8.39. The zero-order chi connectivity index (χ0) is 18.4. The van der Waals surface area contributed by atoms with Crippen LogP contribution in [0.25, 0.3) is 10.2 Å². The number of hydrogen-bond donors (Lipinski definition) is 1. The van der Waals surface area contributed by atoms with E-state index in [-0.39, 0.29) is 29.5 Å². The number of nitrogens with zero attached hydrogens (tertiary/aromatic N) is 2. The predicted octanol–water partition coefficient (Wildman–Crippen LogP) is 3.13. The Balaban J connectivity index is 1.95. The molecule has 1 aliphatic rings. The Labute approximate surface area is 152 Å². The van der Waals surface area contributed by atoms with Gasteiger partial charge < -0.3 is 5.32 Å². The lowest BCUT2D eigenvalue weighted by molar-refractivity contribution is -0.122. The molecule has 0 bridgehead atoms. The fraction of sp³-hybridized carbons (Fsp3) is 0.632. The molecule has 0 spiro atoms. The zero-order valence-electron chi connectivity index (χ0n) is 15.7. The second-order valence-corrected chi connectivity index (χ2v) is 9.47. The maximum Gasteiger partial charge on any atom is 0.262 e. The molecule has 3 rings (SSSR count). The fourth-order valence-corrected chi connectivity index (χ4v) is 4.83. The Bertz CT molecular complexity index is 858. The molecule has 0 aliphatic heterocycles. The first kappa shape index (κ1) is 18.1. The minimum atomic E-state index is -0.157. The van der Waals surface area contributed by atoms with E-state index in [1.54, 1.807) is 11.3 Å². The summed E-state index contributed by atoms with van der Waals surface area (Å²) in [5.74, 6) is 0.474. The standard InChI is InChI=1S/C19H27N3O2S/c1-11(2)21-15(23)9-22-10-20-17-16(18(22)24)13-7-6-12(19(3,4)5)8-14(13)25-17/h10-12H,6-9H2,1-5H3,(H,21,23). The van der Waals surface area contributed by atoms with Gasteiger partial charge in [0.15, 0.2) is 0 Å². The number of carbonyl (C=O) groups excluding carboxylic acids is 1. The van der Waals surface area contributed by atoms with Gasteiger partial charge >= 0.3 is 0 Å². The number of rotatable bonds is 3. The van der Waals surface area contributed by atoms with Gasteiger partial charge in [-0.05, 0) is 50.0 Å². The van der Waals surface area contributed by atoms with E-state index in [1.807, 2.05) is 13.8 Å². The van der Waals surface area contributed by atoms with Crippen molar-refractivity contribution in [2.45, 2.75) is 66.5 Å². The van der Waals surface area contributed by atoms with Crippen LogP contribution < -0.4 is 10.9 Å². The fourth-order valence-electron chi connectivity index (χ4n) is 3.58. The molecule has 0 saturated heterocycles. The number of fused-ring (bicyclic) bond motifs is 3. The Morgan fingerprint density at radius 1 is 1.44 bits per heavy atom. The van der Waals surface area contributed by atoms with Crippen LogP contribution in [0.3, 0.4) is 0 Å². The Morgan fingerprint density at radius 3 is 2.80 bits per heavy atom. The molecule has 2 heterocycles. The van der Waals surface area contributed by atoms with E-state index in [0.717, 1.165) is 35.0 Å². The number of nitrogens with one attached hydrogen (secondary N) is 1. The highest BCUT2D eigenvalue weighted by atomic mass is 32.1. The SMILES string of the molecule is CC(C)NC(=O)Cn1cnc2sc3c(c2c1=O)CCC(C(C)(C)C)C3. The molecule has 0 saturated carbocycles. The van der Waals surface area contributed by atoms with Gasteiger partial charge in [0.1, 0.15) is 11.4 Å². The molecule has 0 aromatic carbocycles. The third-order valence-electron chi connectivity index (χ3n) is 5.02. The Kier molecular flexibility index (Phi) is 4.75. The summed E-state index contributed by atoms with van der Waals surface area (Å²) in [4.78, 5) is 31.5. The number of aryl methyl sites for hydroxylation is 1. The summed E-state index contributed by atoms with van der Waals surface area (Å²) in [7, 11) is 0. The van der Waals surface area contributed by atoms with E-state index >= 15 is 0 Å². The topological polar surface area (TPSA) is 64.0 Å². The molecule has 1 amide bonds. The van der Waals surface area contributed by atoms with Crippen molar-refractivity contribution in [3.8, 4) is 0 Å². The quantitative estimate of drug-likeness (QED) is 0.913. The summed E-state index contributed by atoms with van der Waals surface area (Å²) in [5, 5.41) is 3.55. The summed E-state index contributed by atoms with van der Waals surface area (Å²) in [5.41, 5.74) is 1.35. The van der Waals surface area contributed by atoms with Gasteiger partial charge in [0.2, 0.25) is 5.91 Å². The number of amides is 1. The molecule has 0 radical (unpaired) electrons. The Morgan fingerprint density at radius 2 is 2.16 bits per heavy atom. The average Bonchev–Trinajstić information content (AvgIpc) is 2.86. The van der Waals surface area contributed by atoms with Crippen LogP contribution in [0, 0.1) is 11.3 Å². The molecule has 2 aromatic heterocycles. The zero-order valence-corrected chi connectivity index (χ0v) is 16.5. The maximum absolute atomic E-state index is 12.9. The summed E-state index contributed by atoms with van der Waals surface area (Å²) in [6, 6.07) is 0.0585. The van der Waals surface area contributed by atoms with E-state index in [0.29, 0.717) is 5.92 Å². The van der Waals surface area contributed by atoms with E-state index in [4.69, 9.17) is 0 Å². The molecule has 2 aromatic rings. The first-order valence-electron chi connectivity index (χ1n) is 8.96. The van der Waals surface area contributed by atoms with Gasteiger partial charge in [0, 0.05) is 10.9 Å². The lowest BCUT2D eigenvalue weighted by Gasteiger charge is -2.33. The molecule has 0 fully saturated rings. The molecule has 1 unspecified atom stereocenters. The third-order valence-corrected chi connectivity index (χ3v) is 6.19. The Hall–Kier alpha value is -1.69. The highest BCUT2D eigenvalue weighted by Gasteiger charge is 2.31. The van der Waals surface area contributed by atoms with E-state index in [1.165, 1.54) is 15.8 Å². The summed E-state index contributed by atoms with van der Waals surface area (Å²) in [6.07, 6.45) is 4.56. The van der Waals surface area contributed by atoms with E-state index in [9.17, 15) is 9.59 Å². The monoisotopic (exact) mass is 361 g/mol. The normalized spacial score (nSPS) is 17.8. The second kappa shape index (κ2) is 6.56. The van der Waals surface area contributed by atoms with Gasteiger partial charge in [0.05, 0.1) is 11.7 Å². The molecule has 1 N–H and O–H groups in total. The van der Waals surface area contributed by atoms with Crippen molar-refractivity contribution >= 4 is 27.5 Å². The van der Waals surface area contributed by atoms with Crippen molar-refractivity contribution in [2.24, 2.45) is 11.3 Å². The summed E-state index contributed by atoms with van der Waals surface area (Å²) in [6.45, 7) is 10.7. The first-order valence-corrected chi connectivity index (χ1v) is 9.77. The smallest absolute Gasteiger partial charge is 0.262 e. The van der Waals surface area contributed by atoms with Gasteiger partial charge in [0.25, 0.3) is 5.56 Å². The van der Waals surface area contributed by atoms with Crippen molar-refractivity contribution in [2.75, 3.05) is 0 Å². The van der Waals surface area contributed by atoms with E-state index in [2.05, 4.69) is 31.1 Å². The molecular formula is C19H27N3O2S. The first-order chi connectivity index (χ1) is 11.7. The third kappa shape index (κ3) is 3.64. The van der Waals surface area contributed by atoms with Crippen LogP contribution in [0.1, 0.15) is 51.5 Å². The number of aromatic nitrogens is 2. The van der Waals surface area contributed by atoms with Crippen LogP contribution in [-0.2, 0) is 24.2 Å². The molecule has 1 aliphatic carbocycles. The van der Waals surface area contributed by atoms with Crippen molar-refractivity contribution in [3.05, 3.63) is 27.1 Å². The summed E-state index contributed by atoms with van der Waals surface area (Å²) >= 11 is 1.65. The van der Waals surface area contributed by atoms with Gasteiger partial charge in [-0.2, -0.15) is 0 Å². The van der Waals surface area contributed by atoms with Crippen LogP contribution >= 0.6 is 11.3 Å². The van der Waals surface area contributed by atoms with Crippen LogP contribution in [-0.4, -0.2) is 21.5 Å². The molecular weight excluding hydrogens is 334 g/mol. The van der Waals surface area contributed by atoms with Gasteiger partial charge in [-0.15, -0.1) is 11.3 Å². The minimum Gasteiger partial charge on any atom is -0.352 e. The molecule has 6 heteroatoms. The molecule has 136 valence electrons. The van der Waals surface area contributed by atoms with Crippen LogP contribution in [0.5, 0.6) is 0 Å². The lowest BCUT2D eigenvalue weighted by atomic mass is 9.72. The van der Waals surface area contributed by atoms with Crippen LogP contribution in [0.4, 0.5) is 0 Å². The largest absolute Gasteiger partial charge is 0.352 e. The van der Waals surface area contributed by atoms with Crippen molar-refractivity contribution in [1.29, 1.82) is 0 Å². The molecule has 5 nitrogen and oxygen atoms in total. The number of carbonyl (C=O) groups is 1. The van der Waals surface area contributed by atoms with E-state index < -0.39 is 0 Å². The van der Waals surface area contributed by atoms with Crippen molar-refractivity contribution in [3.63, 3.8) is 0 Å². The van der Waals surface area contributed by atoms with Crippen LogP contribution in [0.15, 0.2) is 11.1 Å². The number of hydrogen-bond acceptors (Lipinski definition) is 4. The summed E-state index contributed by atoms with van der Waals surface area (Å²) < 4.78 is 1.43. The highest BCUT2D eigenvalue weighted by Crippen LogP contribution is 2.41. The number of thiophene rings is 1. The van der Waals surface area contributed by atoms with Crippen molar-refractivity contribution in [1.82, 2.24) is 14.9 Å². The molecule has 1 atom stereocenters. The van der Waals surface area contributed by atoms with Gasteiger partial charge in [-0.25, -0.2) is 4.98 Å². The lowest BCUT2D eigenvalue weighted by Crippen LogP contribution is -2.36.